The second kappa shape index (κ2) is 7.90. The summed E-state index contributed by atoms with van der Waals surface area (Å²) in [5, 5.41) is 9.58. The number of carbonyl (C=O) groups is 1. The predicted molar refractivity (Wildman–Crippen MR) is 89.4 cm³/mol. The van der Waals surface area contributed by atoms with Crippen LogP contribution in [0.25, 0.3) is 11.6 Å². The van der Waals surface area contributed by atoms with Gasteiger partial charge in [-0.1, -0.05) is 35.9 Å². The van der Waals surface area contributed by atoms with Crippen molar-refractivity contribution in [2.24, 2.45) is 0 Å². The molecule has 0 spiro atoms. The second-order valence-electron chi connectivity index (χ2n) is 5.03. The van der Waals surface area contributed by atoms with E-state index in [0.29, 0.717) is 21.7 Å². The highest BCUT2D eigenvalue weighted by molar-refractivity contribution is 6.31. The van der Waals surface area contributed by atoms with Gasteiger partial charge in [-0.05, 0) is 47.9 Å². The fraction of sp³-hybridized carbons (Fsp3) is 0.0556. The van der Waals surface area contributed by atoms with Crippen molar-refractivity contribution in [2.75, 3.05) is 0 Å². The van der Waals surface area contributed by atoms with E-state index in [4.69, 9.17) is 11.6 Å². The molecule has 0 aliphatic rings. The lowest BCUT2D eigenvalue weighted by Gasteiger charge is -2.08. The smallest absolute Gasteiger partial charge is 0.344 e. The van der Waals surface area contributed by atoms with Crippen LogP contribution in [0.3, 0.4) is 0 Å². The van der Waals surface area contributed by atoms with Crippen molar-refractivity contribution in [1.29, 1.82) is 0 Å². The van der Waals surface area contributed by atoms with Gasteiger partial charge in [0.1, 0.15) is 5.75 Å². The Morgan fingerprint density at radius 3 is 2.28 bits per heavy atom. The zero-order valence-electron chi connectivity index (χ0n) is 12.9. The number of halogens is 4. The molecule has 0 aromatic heterocycles. The minimum atomic E-state index is -2.54. The minimum Gasteiger partial charge on any atom is -0.478 e. The van der Waals surface area contributed by atoms with Gasteiger partial charge in [-0.2, -0.15) is 13.2 Å². The van der Waals surface area contributed by atoms with Gasteiger partial charge in [0.2, 0.25) is 0 Å². The summed E-state index contributed by atoms with van der Waals surface area (Å²) in [6.45, 7) is 1.72. The number of aromatic carboxylic acids is 1. The molecule has 0 atom stereocenters. The molecule has 0 saturated heterocycles. The highest BCUT2D eigenvalue weighted by atomic mass is 35.5. The lowest BCUT2D eigenvalue weighted by molar-refractivity contribution is 0.0696. The summed E-state index contributed by atoms with van der Waals surface area (Å²) >= 11 is 5.82. The summed E-state index contributed by atoms with van der Waals surface area (Å²) in [7, 11) is 0. The molecule has 2 aromatic rings. The van der Waals surface area contributed by atoms with Crippen molar-refractivity contribution in [3.63, 3.8) is 0 Å². The molecule has 0 aliphatic heterocycles. The first-order chi connectivity index (χ1) is 11.8. The van der Waals surface area contributed by atoms with E-state index in [1.54, 1.807) is 25.1 Å². The lowest BCUT2D eigenvalue weighted by Crippen LogP contribution is -2.01. The Hall–Kier alpha value is -2.73. The molecular weight excluding hydrogens is 357 g/mol. The number of ether oxygens (including phenoxy) is 1. The van der Waals surface area contributed by atoms with Gasteiger partial charge in [0, 0.05) is 5.02 Å². The number of carboxylic acids is 1. The Bertz CT molecular complexity index is 854. The van der Waals surface area contributed by atoms with Gasteiger partial charge in [-0.25, -0.2) is 4.79 Å². The van der Waals surface area contributed by atoms with Crippen LogP contribution in [0.4, 0.5) is 13.2 Å². The summed E-state index contributed by atoms with van der Waals surface area (Å²) < 4.78 is 41.1. The first kappa shape index (κ1) is 18.6. The van der Waals surface area contributed by atoms with Crippen LogP contribution in [-0.4, -0.2) is 11.1 Å². The first-order valence-corrected chi connectivity index (χ1v) is 7.36. The summed E-state index contributed by atoms with van der Waals surface area (Å²) in [5.74, 6) is -1.19. The molecule has 1 N–H and O–H groups in total. The van der Waals surface area contributed by atoms with E-state index >= 15 is 0 Å². The maximum atomic E-state index is 12.7. The second-order valence-corrected chi connectivity index (χ2v) is 5.46. The van der Waals surface area contributed by atoms with Gasteiger partial charge < -0.3 is 9.84 Å². The van der Waals surface area contributed by atoms with Crippen LogP contribution >= 0.6 is 11.6 Å². The Morgan fingerprint density at radius 2 is 1.72 bits per heavy atom. The molecule has 0 bridgehead atoms. The maximum Gasteiger partial charge on any atom is 0.344 e. The van der Waals surface area contributed by atoms with Gasteiger partial charge in [0.05, 0.1) is 5.56 Å². The summed E-state index contributed by atoms with van der Waals surface area (Å²) in [5.41, 5.74) is 1.86. The van der Waals surface area contributed by atoms with Crippen molar-refractivity contribution in [2.45, 2.75) is 6.92 Å². The maximum absolute atomic E-state index is 12.7. The van der Waals surface area contributed by atoms with Crippen molar-refractivity contribution >= 4 is 29.2 Å². The third kappa shape index (κ3) is 4.87. The average molecular weight is 369 g/mol. The molecule has 2 aromatic carbocycles. The van der Waals surface area contributed by atoms with Gasteiger partial charge in [-0.3, -0.25) is 0 Å². The Labute approximate surface area is 146 Å². The molecule has 130 valence electrons. The fourth-order valence-corrected chi connectivity index (χ4v) is 2.31. The summed E-state index contributed by atoms with van der Waals surface area (Å²) in [6, 6.07) is 8.28. The van der Waals surface area contributed by atoms with E-state index in [0.717, 1.165) is 0 Å². The van der Waals surface area contributed by atoms with Crippen LogP contribution < -0.4 is 4.74 Å². The quantitative estimate of drug-likeness (QED) is 0.519. The number of hydrogen-bond acceptors (Lipinski definition) is 2. The Kier molecular flexibility index (Phi) is 5.88. The van der Waals surface area contributed by atoms with E-state index in [2.05, 4.69) is 4.74 Å². The molecule has 0 amide bonds. The van der Waals surface area contributed by atoms with Crippen molar-refractivity contribution in [3.05, 3.63) is 76.3 Å². The topological polar surface area (TPSA) is 46.5 Å². The van der Waals surface area contributed by atoms with E-state index in [1.165, 1.54) is 30.3 Å². The number of hydrogen-bond donors (Lipinski definition) is 1. The van der Waals surface area contributed by atoms with Gasteiger partial charge in [-0.15, -0.1) is 0 Å². The molecule has 7 heteroatoms. The van der Waals surface area contributed by atoms with Gasteiger partial charge in [0.25, 0.3) is 0 Å². The third-order valence-electron chi connectivity index (χ3n) is 3.26. The van der Waals surface area contributed by atoms with Crippen LogP contribution in [0.15, 0.2) is 54.6 Å². The normalized spacial score (nSPS) is 11.2. The van der Waals surface area contributed by atoms with Crippen molar-refractivity contribution in [1.82, 2.24) is 0 Å². The van der Waals surface area contributed by atoms with Crippen LogP contribution in [-0.2, 0) is 0 Å². The zero-order valence-corrected chi connectivity index (χ0v) is 13.7. The van der Waals surface area contributed by atoms with Crippen LogP contribution in [0, 0.1) is 0 Å². The van der Waals surface area contributed by atoms with Gasteiger partial charge >= 0.3 is 18.1 Å². The monoisotopic (exact) mass is 368 g/mol. The zero-order chi connectivity index (χ0) is 18.6. The molecular formula is C18H12ClF3O3. The van der Waals surface area contributed by atoms with Crippen molar-refractivity contribution < 1.29 is 27.8 Å². The number of carboxylic acid groups (broad SMARTS) is 1. The fourth-order valence-electron chi connectivity index (χ4n) is 2.14. The predicted octanol–water partition coefficient (Wildman–Crippen LogP) is 6.01. The Balaban J connectivity index is 2.29. The Morgan fingerprint density at radius 1 is 1.08 bits per heavy atom. The van der Waals surface area contributed by atoms with Crippen molar-refractivity contribution in [3.8, 4) is 5.75 Å². The highest BCUT2D eigenvalue weighted by Gasteiger charge is 2.12. The standard InChI is InChI=1S/C18H12ClF3O3/c1-10(14-7-4-12(19)9-15(14)18(23)24)8-11-2-5-13(6-3-11)25-17(22)16(20)21/h2-9H,1H3,(H,23,24)/b10-8+. The van der Waals surface area contributed by atoms with E-state index in [9.17, 15) is 23.1 Å². The first-order valence-electron chi connectivity index (χ1n) is 6.98. The van der Waals surface area contributed by atoms with Crippen LogP contribution in [0.1, 0.15) is 28.4 Å². The number of rotatable bonds is 5. The SMILES string of the molecule is C/C(=C\c1ccc(OC(F)=C(F)F)cc1)c1ccc(Cl)cc1C(=O)O. The van der Waals surface area contributed by atoms with E-state index < -0.39 is 18.1 Å². The average Bonchev–Trinajstić information content (AvgIpc) is 2.56. The molecule has 25 heavy (non-hydrogen) atoms. The molecule has 0 saturated carbocycles. The van der Waals surface area contributed by atoms with Crippen LogP contribution in [0.2, 0.25) is 5.02 Å². The molecule has 0 aliphatic carbocycles. The summed E-state index contributed by atoms with van der Waals surface area (Å²) in [6.07, 6.45) is -0.842. The molecule has 3 nitrogen and oxygen atoms in total. The highest BCUT2D eigenvalue weighted by Crippen LogP contribution is 2.26. The summed E-state index contributed by atoms with van der Waals surface area (Å²) in [4.78, 5) is 11.3. The van der Waals surface area contributed by atoms with E-state index in [1.807, 2.05) is 0 Å². The van der Waals surface area contributed by atoms with E-state index in [-0.39, 0.29) is 11.3 Å². The molecule has 0 radical (unpaired) electrons. The molecule has 0 unspecified atom stereocenters. The number of benzene rings is 2. The lowest BCUT2D eigenvalue weighted by atomic mass is 9.99. The molecule has 2 rings (SSSR count). The number of allylic oxidation sites excluding steroid dienone is 1. The minimum absolute atomic E-state index is 0.0619. The largest absolute Gasteiger partial charge is 0.478 e. The molecule has 0 heterocycles. The van der Waals surface area contributed by atoms with Crippen LogP contribution in [0.5, 0.6) is 5.75 Å². The third-order valence-corrected chi connectivity index (χ3v) is 3.49. The van der Waals surface area contributed by atoms with Gasteiger partial charge in [0.15, 0.2) is 0 Å². The molecule has 0 fully saturated rings.